The highest BCUT2D eigenvalue weighted by molar-refractivity contribution is 4.72. The Morgan fingerprint density at radius 3 is 3.00 bits per heavy atom. The first-order valence-corrected chi connectivity index (χ1v) is 4.66. The van der Waals surface area contributed by atoms with Gasteiger partial charge >= 0.3 is 0 Å². The van der Waals surface area contributed by atoms with E-state index in [9.17, 15) is 0 Å². The molecule has 0 aliphatic carbocycles. The quantitative estimate of drug-likeness (QED) is 0.668. The van der Waals surface area contributed by atoms with E-state index in [4.69, 9.17) is 9.84 Å². The van der Waals surface area contributed by atoms with Crippen LogP contribution in [0.5, 0.6) is 0 Å². The van der Waals surface area contributed by atoms with Crippen LogP contribution in [0.15, 0.2) is 0 Å². The van der Waals surface area contributed by atoms with Crippen molar-refractivity contribution in [3.8, 4) is 0 Å². The second-order valence-electron chi connectivity index (χ2n) is 3.71. The lowest BCUT2D eigenvalue weighted by Gasteiger charge is -2.34. The second kappa shape index (κ2) is 4.80. The molecule has 72 valence electrons. The molecule has 1 aliphatic heterocycles. The maximum absolute atomic E-state index is 8.89. The molecule has 1 rings (SSSR count). The molecule has 0 saturated carbocycles. The van der Waals surface area contributed by atoms with Gasteiger partial charge in [-0.15, -0.1) is 0 Å². The van der Waals surface area contributed by atoms with Crippen LogP contribution in [-0.2, 0) is 4.74 Å². The van der Waals surface area contributed by atoms with E-state index in [2.05, 4.69) is 18.7 Å². The summed E-state index contributed by atoms with van der Waals surface area (Å²) in [5.41, 5.74) is 0. The summed E-state index contributed by atoms with van der Waals surface area (Å²) in [4.78, 5) is 2.38. The molecule has 1 fully saturated rings. The number of aliphatic hydroxyl groups excluding tert-OH is 1. The lowest BCUT2D eigenvalue weighted by Crippen LogP contribution is -2.45. The van der Waals surface area contributed by atoms with Crippen LogP contribution in [0.2, 0.25) is 0 Å². The van der Waals surface area contributed by atoms with Gasteiger partial charge in [-0.2, -0.15) is 0 Å². The fourth-order valence-electron chi connectivity index (χ4n) is 1.49. The predicted octanol–water partition coefficient (Wildman–Crippen LogP) is 0.335. The highest BCUT2D eigenvalue weighted by Gasteiger charge is 2.19. The largest absolute Gasteiger partial charge is 0.396 e. The average molecular weight is 173 g/mol. The van der Waals surface area contributed by atoms with Gasteiger partial charge in [-0.1, -0.05) is 6.92 Å². The lowest BCUT2D eigenvalue weighted by molar-refractivity contribution is -0.00965. The normalized spacial score (nSPS) is 28.8. The molecular formula is C9H19NO2. The predicted molar refractivity (Wildman–Crippen MR) is 48.1 cm³/mol. The SMILES string of the molecule is C[C@@H](CO)CN1CCOC[C@H]1C. The van der Waals surface area contributed by atoms with Crippen molar-refractivity contribution in [3.63, 3.8) is 0 Å². The highest BCUT2D eigenvalue weighted by Crippen LogP contribution is 2.08. The molecule has 0 aromatic heterocycles. The summed E-state index contributed by atoms with van der Waals surface area (Å²) in [5.74, 6) is 0.380. The number of rotatable bonds is 3. The van der Waals surface area contributed by atoms with Crippen LogP contribution in [0.1, 0.15) is 13.8 Å². The Labute approximate surface area is 74.3 Å². The number of hydrogen-bond donors (Lipinski definition) is 1. The molecule has 1 heterocycles. The van der Waals surface area contributed by atoms with E-state index in [1.807, 2.05) is 0 Å². The maximum Gasteiger partial charge on any atom is 0.0619 e. The van der Waals surface area contributed by atoms with Gasteiger partial charge in [0.05, 0.1) is 13.2 Å². The van der Waals surface area contributed by atoms with Gasteiger partial charge in [-0.05, 0) is 12.8 Å². The summed E-state index contributed by atoms with van der Waals surface area (Å²) in [5, 5.41) is 8.89. The third kappa shape index (κ3) is 2.73. The molecule has 0 amide bonds. The molecule has 0 unspecified atom stereocenters. The summed E-state index contributed by atoms with van der Waals surface area (Å²) in [6.45, 7) is 8.18. The van der Waals surface area contributed by atoms with E-state index >= 15 is 0 Å². The zero-order valence-electron chi connectivity index (χ0n) is 7.99. The smallest absolute Gasteiger partial charge is 0.0619 e. The molecule has 12 heavy (non-hydrogen) atoms. The molecule has 1 N–H and O–H groups in total. The molecular weight excluding hydrogens is 154 g/mol. The Balaban J connectivity index is 2.28. The van der Waals surface area contributed by atoms with Crippen molar-refractivity contribution >= 4 is 0 Å². The first-order chi connectivity index (χ1) is 5.74. The van der Waals surface area contributed by atoms with E-state index in [1.165, 1.54) is 0 Å². The van der Waals surface area contributed by atoms with Crippen LogP contribution in [0, 0.1) is 5.92 Å². The molecule has 0 aromatic rings. The Hall–Kier alpha value is -0.120. The first kappa shape index (κ1) is 9.96. The van der Waals surface area contributed by atoms with Crippen LogP contribution in [0.25, 0.3) is 0 Å². The Morgan fingerprint density at radius 1 is 1.67 bits per heavy atom. The molecule has 3 nitrogen and oxygen atoms in total. The van der Waals surface area contributed by atoms with E-state index in [0.717, 1.165) is 26.3 Å². The highest BCUT2D eigenvalue weighted by atomic mass is 16.5. The summed E-state index contributed by atoms with van der Waals surface area (Å²) in [6, 6.07) is 0.507. The first-order valence-electron chi connectivity index (χ1n) is 4.66. The zero-order chi connectivity index (χ0) is 8.97. The van der Waals surface area contributed by atoms with Crippen molar-refractivity contribution in [2.75, 3.05) is 32.9 Å². The number of aliphatic hydroxyl groups is 1. The van der Waals surface area contributed by atoms with E-state index < -0.39 is 0 Å². The minimum absolute atomic E-state index is 0.282. The zero-order valence-corrected chi connectivity index (χ0v) is 7.99. The topological polar surface area (TPSA) is 32.7 Å². The second-order valence-corrected chi connectivity index (χ2v) is 3.71. The van der Waals surface area contributed by atoms with E-state index in [-0.39, 0.29) is 6.61 Å². The van der Waals surface area contributed by atoms with E-state index in [1.54, 1.807) is 0 Å². The minimum Gasteiger partial charge on any atom is -0.396 e. The van der Waals surface area contributed by atoms with Gasteiger partial charge in [0, 0.05) is 25.7 Å². The van der Waals surface area contributed by atoms with Crippen molar-refractivity contribution in [3.05, 3.63) is 0 Å². The number of morpholine rings is 1. The Kier molecular flexibility index (Phi) is 3.98. The summed E-state index contributed by atoms with van der Waals surface area (Å²) >= 11 is 0. The number of nitrogens with zero attached hydrogens (tertiary/aromatic N) is 1. The lowest BCUT2D eigenvalue weighted by atomic mass is 10.1. The molecule has 0 spiro atoms. The van der Waals surface area contributed by atoms with Gasteiger partial charge in [-0.3, -0.25) is 4.90 Å². The summed E-state index contributed by atoms with van der Waals surface area (Å²) in [7, 11) is 0. The van der Waals surface area contributed by atoms with E-state index in [0.29, 0.717) is 12.0 Å². The molecule has 0 radical (unpaired) electrons. The van der Waals surface area contributed by atoms with Crippen LogP contribution in [-0.4, -0.2) is 49.0 Å². The van der Waals surface area contributed by atoms with Crippen LogP contribution in [0.4, 0.5) is 0 Å². The molecule has 0 aromatic carbocycles. The third-order valence-corrected chi connectivity index (χ3v) is 2.36. The van der Waals surface area contributed by atoms with Gasteiger partial charge in [0.15, 0.2) is 0 Å². The molecule has 3 heteroatoms. The average Bonchev–Trinajstić information content (AvgIpc) is 2.09. The van der Waals surface area contributed by atoms with Gasteiger partial charge in [0.2, 0.25) is 0 Å². The third-order valence-electron chi connectivity index (χ3n) is 2.36. The molecule has 1 saturated heterocycles. The van der Waals surface area contributed by atoms with Gasteiger partial charge in [0.25, 0.3) is 0 Å². The fourth-order valence-corrected chi connectivity index (χ4v) is 1.49. The number of hydrogen-bond acceptors (Lipinski definition) is 3. The van der Waals surface area contributed by atoms with Crippen molar-refractivity contribution in [1.29, 1.82) is 0 Å². The van der Waals surface area contributed by atoms with Crippen molar-refractivity contribution in [2.45, 2.75) is 19.9 Å². The molecule has 1 aliphatic rings. The summed E-state index contributed by atoms with van der Waals surface area (Å²) < 4.78 is 5.32. The van der Waals surface area contributed by atoms with Crippen LogP contribution >= 0.6 is 0 Å². The maximum atomic E-state index is 8.89. The van der Waals surface area contributed by atoms with Crippen molar-refractivity contribution in [2.24, 2.45) is 5.92 Å². The Morgan fingerprint density at radius 2 is 2.42 bits per heavy atom. The standard InChI is InChI=1S/C9H19NO2/c1-8(6-11)5-10-3-4-12-7-9(10)2/h8-9,11H,3-7H2,1-2H3/t8-,9-/m1/s1. The Bertz CT molecular complexity index is 130. The van der Waals surface area contributed by atoms with Crippen molar-refractivity contribution in [1.82, 2.24) is 4.90 Å². The monoisotopic (exact) mass is 173 g/mol. The van der Waals surface area contributed by atoms with Gasteiger partial charge < -0.3 is 9.84 Å². The van der Waals surface area contributed by atoms with Gasteiger partial charge in [-0.25, -0.2) is 0 Å². The molecule has 2 atom stereocenters. The van der Waals surface area contributed by atoms with Gasteiger partial charge in [0.1, 0.15) is 0 Å². The van der Waals surface area contributed by atoms with Crippen molar-refractivity contribution < 1.29 is 9.84 Å². The molecule has 0 bridgehead atoms. The minimum atomic E-state index is 0.282. The van der Waals surface area contributed by atoms with Crippen LogP contribution < -0.4 is 0 Å². The van der Waals surface area contributed by atoms with Crippen LogP contribution in [0.3, 0.4) is 0 Å². The summed E-state index contributed by atoms with van der Waals surface area (Å²) in [6.07, 6.45) is 0. The fraction of sp³-hybridized carbons (Fsp3) is 1.00. The number of ether oxygens (including phenoxy) is 1.